The first-order chi connectivity index (χ1) is 19.2. The zero-order chi connectivity index (χ0) is 30.4. The van der Waals surface area contributed by atoms with Gasteiger partial charge in [0.25, 0.3) is 0 Å². The minimum Gasteiger partial charge on any atom is -0.460 e. The minimum absolute atomic E-state index is 0.0695. The number of rotatable bonds is 9. The molecular formula is C32H43ClO8. The van der Waals surface area contributed by atoms with Crippen LogP contribution in [0.25, 0.3) is 0 Å². The van der Waals surface area contributed by atoms with Crippen molar-refractivity contribution in [2.45, 2.75) is 109 Å². The molecule has 0 aliphatic heterocycles. The fourth-order valence-electron chi connectivity index (χ4n) is 8.52. The van der Waals surface area contributed by atoms with Gasteiger partial charge in [0.05, 0.1) is 4.87 Å². The first-order valence-corrected chi connectivity index (χ1v) is 15.4. The predicted molar refractivity (Wildman–Crippen MR) is 152 cm³/mol. The average Bonchev–Trinajstić information content (AvgIpc) is 3.14. The molecule has 9 heteroatoms. The molecule has 0 aromatic carbocycles. The molecule has 41 heavy (non-hydrogen) atoms. The fraction of sp³-hybridized carbons (Fsp3) is 0.719. The van der Waals surface area contributed by atoms with Gasteiger partial charge >= 0.3 is 17.9 Å². The van der Waals surface area contributed by atoms with Crippen LogP contribution in [-0.4, -0.2) is 52.7 Å². The van der Waals surface area contributed by atoms with Crippen molar-refractivity contribution in [1.29, 1.82) is 0 Å². The second-order valence-corrected chi connectivity index (χ2v) is 13.2. The van der Waals surface area contributed by atoms with Gasteiger partial charge in [0.1, 0.15) is 6.10 Å². The second-order valence-electron chi connectivity index (χ2n) is 12.6. The normalized spacial score (nSPS) is 39.1. The molecule has 4 rings (SSSR count). The molecule has 0 aromatic heterocycles. The van der Waals surface area contributed by atoms with Crippen LogP contribution < -0.4 is 0 Å². The van der Waals surface area contributed by atoms with E-state index in [1.54, 1.807) is 19.9 Å². The van der Waals surface area contributed by atoms with Crippen molar-refractivity contribution in [3.63, 3.8) is 0 Å². The molecule has 0 aromatic rings. The molecule has 226 valence electrons. The highest BCUT2D eigenvalue weighted by molar-refractivity contribution is 6.26. The van der Waals surface area contributed by atoms with E-state index in [1.165, 1.54) is 6.08 Å². The molecule has 1 unspecified atom stereocenters. The van der Waals surface area contributed by atoms with Gasteiger partial charge in [-0.15, -0.1) is 11.6 Å². The van der Waals surface area contributed by atoms with Gasteiger partial charge in [-0.3, -0.25) is 24.0 Å². The maximum atomic E-state index is 14.2. The lowest BCUT2D eigenvalue weighted by Crippen LogP contribution is -2.70. The molecule has 0 saturated heterocycles. The number of ether oxygens (including phenoxy) is 3. The average molecular weight is 591 g/mol. The molecule has 4 aliphatic carbocycles. The molecule has 8 nitrogen and oxygen atoms in total. The molecule has 8 atom stereocenters. The third-order valence-corrected chi connectivity index (χ3v) is 11.4. The van der Waals surface area contributed by atoms with Gasteiger partial charge in [0.15, 0.2) is 18.0 Å². The molecule has 0 radical (unpaired) electrons. The summed E-state index contributed by atoms with van der Waals surface area (Å²) in [5, 5.41) is 0. The molecule has 0 heterocycles. The van der Waals surface area contributed by atoms with Crippen molar-refractivity contribution >= 4 is 41.1 Å². The first kappa shape index (κ1) is 31.5. The highest BCUT2D eigenvalue weighted by Crippen LogP contribution is 2.72. The van der Waals surface area contributed by atoms with Gasteiger partial charge in [0, 0.05) is 36.0 Å². The van der Waals surface area contributed by atoms with Crippen LogP contribution in [0.1, 0.15) is 92.9 Å². The predicted octanol–water partition coefficient (Wildman–Crippen LogP) is 5.44. The molecule has 3 saturated carbocycles. The van der Waals surface area contributed by atoms with E-state index in [1.807, 2.05) is 33.8 Å². The van der Waals surface area contributed by atoms with Gasteiger partial charge in [0.2, 0.25) is 5.78 Å². The summed E-state index contributed by atoms with van der Waals surface area (Å²) in [5.74, 6) is -2.79. The van der Waals surface area contributed by atoms with Crippen LogP contribution in [0.4, 0.5) is 0 Å². The molecule has 3 fully saturated rings. The molecule has 4 aliphatic rings. The van der Waals surface area contributed by atoms with E-state index in [-0.39, 0.29) is 49.3 Å². The number of fused-ring (bicyclic) bond motifs is 5. The number of allylic oxidation sites excluding steroid dienone is 4. The van der Waals surface area contributed by atoms with E-state index in [2.05, 4.69) is 0 Å². The third kappa shape index (κ3) is 4.68. The monoisotopic (exact) mass is 590 g/mol. The van der Waals surface area contributed by atoms with Crippen LogP contribution in [-0.2, 0) is 38.2 Å². The van der Waals surface area contributed by atoms with Gasteiger partial charge in [-0.05, 0) is 56.1 Å². The lowest BCUT2D eigenvalue weighted by atomic mass is 9.45. The van der Waals surface area contributed by atoms with Crippen molar-refractivity contribution in [2.24, 2.45) is 28.6 Å². The van der Waals surface area contributed by atoms with E-state index in [4.69, 9.17) is 25.8 Å². The van der Waals surface area contributed by atoms with E-state index < -0.39 is 57.7 Å². The third-order valence-electron chi connectivity index (χ3n) is 10.5. The Morgan fingerprint density at radius 2 is 1.71 bits per heavy atom. The van der Waals surface area contributed by atoms with Crippen molar-refractivity contribution in [2.75, 3.05) is 6.61 Å². The molecule has 0 bridgehead atoms. The Morgan fingerprint density at radius 3 is 2.34 bits per heavy atom. The number of hydrogen-bond acceptors (Lipinski definition) is 8. The number of halogens is 1. The Labute approximate surface area is 247 Å². The van der Waals surface area contributed by atoms with E-state index in [9.17, 15) is 24.0 Å². The lowest BCUT2D eigenvalue weighted by Gasteiger charge is -2.64. The molecule has 0 N–H and O–H groups in total. The van der Waals surface area contributed by atoms with E-state index in [0.717, 1.165) is 5.57 Å². The maximum Gasteiger partial charge on any atom is 0.306 e. The Bertz CT molecular complexity index is 1190. The number of carbonyl (C=O) groups is 5. The smallest absolute Gasteiger partial charge is 0.306 e. The number of esters is 3. The minimum atomic E-state index is -1.60. The quantitative estimate of drug-likeness (QED) is 0.198. The standard InChI is InChI=1S/C32H43ClO8/c1-7-10-28(38)40-25-17-30(6)23(22-12-11-20-16-21(34)13-14-29(20,5)31(22,25)33)15-19(4)32(30,41-27(37)9-3)24(35)18-39-26(36)8-2/h13-14,16,19,22-23,25H,7-12,15,17-18H2,1-6H3/t19-,22-,23-,25-,29-,30-,31?,32-/m0/s1. The highest BCUT2D eigenvalue weighted by atomic mass is 35.5. The summed E-state index contributed by atoms with van der Waals surface area (Å²) < 4.78 is 17.7. The number of ketones is 2. The van der Waals surface area contributed by atoms with Crippen LogP contribution in [0.15, 0.2) is 23.8 Å². The Kier molecular flexibility index (Phi) is 8.68. The SMILES string of the molecule is CCCC(=O)O[C@H]1C[C@@]2(C)[C@@H](C[C@H](C)[C@]2(OC(=O)CC)C(=O)COC(=O)CC)[C@@H]2CCC3=CC(=O)C=C[C@]3(C)C12Cl. The van der Waals surface area contributed by atoms with E-state index in [0.29, 0.717) is 25.7 Å². The van der Waals surface area contributed by atoms with Crippen molar-refractivity contribution in [1.82, 2.24) is 0 Å². The van der Waals surface area contributed by atoms with Crippen molar-refractivity contribution in [3.05, 3.63) is 23.8 Å². The van der Waals surface area contributed by atoms with Gasteiger partial charge < -0.3 is 14.2 Å². The summed E-state index contributed by atoms with van der Waals surface area (Å²) in [4.78, 5) is 63.4. The molecule has 0 amide bonds. The first-order valence-electron chi connectivity index (χ1n) is 15.0. The second kappa shape index (κ2) is 11.3. The summed E-state index contributed by atoms with van der Waals surface area (Å²) >= 11 is 7.81. The summed E-state index contributed by atoms with van der Waals surface area (Å²) in [6, 6.07) is 0. The van der Waals surface area contributed by atoms with Gasteiger partial charge in [-0.1, -0.05) is 53.2 Å². The molecule has 0 spiro atoms. The van der Waals surface area contributed by atoms with Crippen LogP contribution in [0.2, 0.25) is 0 Å². The number of carbonyl (C=O) groups excluding carboxylic acids is 5. The van der Waals surface area contributed by atoms with Gasteiger partial charge in [-0.2, -0.15) is 0 Å². The Hall–Kier alpha value is -2.48. The summed E-state index contributed by atoms with van der Waals surface area (Å²) in [5.41, 5.74) is -2.41. The van der Waals surface area contributed by atoms with Crippen LogP contribution >= 0.6 is 11.6 Å². The van der Waals surface area contributed by atoms with Gasteiger partial charge in [-0.25, -0.2) is 0 Å². The topological polar surface area (TPSA) is 113 Å². The number of Topliss-reactive ketones (excluding diaryl/α,β-unsaturated/α-hetero) is 1. The van der Waals surface area contributed by atoms with Crippen LogP contribution in [0, 0.1) is 28.6 Å². The van der Waals surface area contributed by atoms with Crippen molar-refractivity contribution < 1.29 is 38.2 Å². The zero-order valence-corrected chi connectivity index (χ0v) is 25.8. The van der Waals surface area contributed by atoms with Crippen molar-refractivity contribution in [3.8, 4) is 0 Å². The zero-order valence-electron chi connectivity index (χ0n) is 25.0. The Balaban J connectivity index is 1.88. The molecular weight excluding hydrogens is 548 g/mol. The number of alkyl halides is 1. The maximum absolute atomic E-state index is 14.2. The summed E-state index contributed by atoms with van der Waals surface area (Å²) in [6.07, 6.45) is 7.16. The largest absolute Gasteiger partial charge is 0.460 e. The van der Waals surface area contributed by atoms with Crippen LogP contribution in [0.5, 0.6) is 0 Å². The number of hydrogen-bond donors (Lipinski definition) is 0. The summed E-state index contributed by atoms with van der Waals surface area (Å²) in [6.45, 7) is 10.5. The van der Waals surface area contributed by atoms with E-state index >= 15 is 0 Å². The van der Waals surface area contributed by atoms with Crippen LogP contribution in [0.3, 0.4) is 0 Å². The fourth-order valence-corrected chi connectivity index (χ4v) is 9.09. The lowest BCUT2D eigenvalue weighted by molar-refractivity contribution is -0.208. The summed E-state index contributed by atoms with van der Waals surface area (Å²) in [7, 11) is 0. The Morgan fingerprint density at radius 1 is 1.02 bits per heavy atom. The highest BCUT2D eigenvalue weighted by Gasteiger charge is 2.77.